The lowest BCUT2D eigenvalue weighted by Crippen LogP contribution is -2.50. The molecule has 0 spiro atoms. The normalized spacial score (nSPS) is 11.4. The maximum Gasteiger partial charge on any atom is 0.255 e. The van der Waals surface area contributed by atoms with Gasteiger partial charge in [0.15, 0.2) is 6.29 Å². The maximum atomic E-state index is 14.5. The average molecular weight is 514 g/mol. The molecule has 0 radical (unpaired) electrons. The van der Waals surface area contributed by atoms with Crippen LogP contribution in [0.2, 0.25) is 0 Å². The number of halogens is 4. The van der Waals surface area contributed by atoms with Gasteiger partial charge in [-0.2, -0.15) is 0 Å². The van der Waals surface area contributed by atoms with Crippen LogP contribution in [-0.2, 0) is 11.2 Å². The van der Waals surface area contributed by atoms with E-state index in [0.717, 1.165) is 12.1 Å². The molecule has 0 saturated heterocycles. The molecular weight excluding hydrogens is 492 g/mol. The number of methoxy groups -OCH3 is 1. The number of carbonyl (C=O) groups is 3. The molecule has 0 aliphatic carbocycles. The predicted molar refractivity (Wildman–Crippen MR) is 129 cm³/mol. The molecule has 0 bridgehead atoms. The van der Waals surface area contributed by atoms with Crippen LogP contribution in [0.15, 0.2) is 67.3 Å². The van der Waals surface area contributed by atoms with Gasteiger partial charge >= 0.3 is 0 Å². The number of aldehydes is 1. The third-order valence-corrected chi connectivity index (χ3v) is 5.41. The summed E-state index contributed by atoms with van der Waals surface area (Å²) in [6, 6.07) is 8.74. The zero-order chi connectivity index (χ0) is 27.1. The van der Waals surface area contributed by atoms with Crippen molar-refractivity contribution in [2.45, 2.75) is 12.5 Å². The molecule has 0 saturated carbocycles. The lowest BCUT2D eigenvalue weighted by molar-refractivity contribution is -0.120. The Labute approximate surface area is 210 Å². The van der Waals surface area contributed by atoms with Gasteiger partial charge < -0.3 is 15.0 Å². The van der Waals surface area contributed by atoms with E-state index in [2.05, 4.69) is 11.9 Å². The lowest BCUT2D eigenvalue weighted by atomic mass is 10.0. The van der Waals surface area contributed by atoms with Crippen LogP contribution < -0.4 is 15.0 Å². The summed E-state index contributed by atoms with van der Waals surface area (Å²) in [6.07, 6.45) is 0.990. The second-order valence-electron chi connectivity index (χ2n) is 7.88. The minimum atomic E-state index is -1.50. The fourth-order valence-corrected chi connectivity index (χ4v) is 3.71. The Morgan fingerprint density at radius 3 is 2.19 bits per heavy atom. The highest BCUT2D eigenvalue weighted by Crippen LogP contribution is 2.22. The minimum absolute atomic E-state index is 0.0137. The summed E-state index contributed by atoms with van der Waals surface area (Å²) in [5.74, 6) is -5.65. The quantitative estimate of drug-likeness (QED) is 0.243. The number of nitrogens with one attached hydrogen (secondary N) is 1. The second-order valence-corrected chi connectivity index (χ2v) is 7.88. The van der Waals surface area contributed by atoms with E-state index in [9.17, 15) is 31.9 Å². The number of nitrogens with zero attached hydrogens (tertiary/aromatic N) is 1. The van der Waals surface area contributed by atoms with E-state index in [1.807, 2.05) is 0 Å². The van der Waals surface area contributed by atoms with Crippen molar-refractivity contribution in [3.05, 3.63) is 107 Å². The van der Waals surface area contributed by atoms with Crippen molar-refractivity contribution >= 4 is 23.8 Å². The molecule has 6 nitrogen and oxygen atoms in total. The van der Waals surface area contributed by atoms with Crippen LogP contribution in [0.25, 0.3) is 0 Å². The second kappa shape index (κ2) is 12.0. The van der Waals surface area contributed by atoms with Gasteiger partial charge in [0.25, 0.3) is 5.91 Å². The first kappa shape index (κ1) is 27.1. The van der Waals surface area contributed by atoms with Crippen molar-refractivity contribution in [3.8, 4) is 5.75 Å². The number of benzene rings is 3. The number of hydrogen-bond acceptors (Lipinski definition) is 4. The number of hydrogen-bond donors (Lipinski definition) is 1. The SMILES string of the molecule is C=CCN(C(=O)C(Cc1cc(F)cc(F)c1)NC(=O)c1c(F)ccc(F)c1C=O)c1ccc(OC)cc1. The van der Waals surface area contributed by atoms with Crippen molar-refractivity contribution in [2.75, 3.05) is 18.6 Å². The average Bonchev–Trinajstić information content (AvgIpc) is 2.87. The summed E-state index contributed by atoms with van der Waals surface area (Å²) >= 11 is 0. The molecule has 0 aromatic heterocycles. The first-order valence-electron chi connectivity index (χ1n) is 10.9. The third-order valence-electron chi connectivity index (χ3n) is 5.41. The van der Waals surface area contributed by atoms with Gasteiger partial charge in [0.1, 0.15) is 35.1 Å². The highest BCUT2D eigenvalue weighted by molar-refractivity contribution is 6.05. The van der Waals surface area contributed by atoms with Gasteiger partial charge in [-0.25, -0.2) is 17.6 Å². The Bertz CT molecular complexity index is 1310. The molecule has 1 unspecified atom stereocenters. The van der Waals surface area contributed by atoms with Crippen LogP contribution in [0.3, 0.4) is 0 Å². The van der Waals surface area contributed by atoms with Crippen molar-refractivity contribution < 1.29 is 36.7 Å². The molecule has 0 aliphatic rings. The Kier molecular flexibility index (Phi) is 8.78. The summed E-state index contributed by atoms with van der Waals surface area (Å²) in [5, 5.41) is 2.29. The maximum absolute atomic E-state index is 14.5. The Balaban J connectivity index is 2.04. The monoisotopic (exact) mass is 514 g/mol. The molecule has 3 aromatic carbocycles. The lowest BCUT2D eigenvalue weighted by Gasteiger charge is -2.28. The van der Waals surface area contributed by atoms with E-state index in [-0.39, 0.29) is 18.4 Å². The fraction of sp³-hybridized carbons (Fsp3) is 0.148. The van der Waals surface area contributed by atoms with Crippen LogP contribution in [0.1, 0.15) is 26.3 Å². The number of rotatable bonds is 10. The molecule has 3 rings (SSSR count). The van der Waals surface area contributed by atoms with E-state index in [4.69, 9.17) is 4.74 Å². The molecule has 2 amide bonds. The molecule has 0 aliphatic heterocycles. The van der Waals surface area contributed by atoms with Crippen LogP contribution >= 0.6 is 0 Å². The highest BCUT2D eigenvalue weighted by Gasteiger charge is 2.30. The molecule has 1 atom stereocenters. The van der Waals surface area contributed by atoms with Crippen molar-refractivity contribution in [3.63, 3.8) is 0 Å². The Morgan fingerprint density at radius 1 is 1.00 bits per heavy atom. The van der Waals surface area contributed by atoms with E-state index in [1.54, 1.807) is 24.3 Å². The number of carbonyl (C=O) groups excluding carboxylic acids is 3. The van der Waals surface area contributed by atoms with Gasteiger partial charge in [0.05, 0.1) is 18.2 Å². The molecule has 37 heavy (non-hydrogen) atoms. The molecule has 3 aromatic rings. The number of ether oxygens (including phenoxy) is 1. The Morgan fingerprint density at radius 2 is 1.62 bits per heavy atom. The third kappa shape index (κ3) is 6.40. The number of amides is 2. The van der Waals surface area contributed by atoms with E-state index in [0.29, 0.717) is 29.6 Å². The van der Waals surface area contributed by atoms with Crippen molar-refractivity contribution in [2.24, 2.45) is 0 Å². The van der Waals surface area contributed by atoms with Crippen LogP contribution in [0.4, 0.5) is 23.2 Å². The van der Waals surface area contributed by atoms with Crippen molar-refractivity contribution in [1.82, 2.24) is 5.32 Å². The van der Waals surface area contributed by atoms with Gasteiger partial charge in [-0.1, -0.05) is 6.08 Å². The van der Waals surface area contributed by atoms with Gasteiger partial charge in [0.2, 0.25) is 5.91 Å². The van der Waals surface area contributed by atoms with E-state index >= 15 is 0 Å². The van der Waals surface area contributed by atoms with Crippen molar-refractivity contribution in [1.29, 1.82) is 0 Å². The van der Waals surface area contributed by atoms with Crippen LogP contribution in [0.5, 0.6) is 5.75 Å². The Hall–Kier alpha value is -4.47. The summed E-state index contributed by atoms with van der Waals surface area (Å²) in [7, 11) is 1.46. The molecule has 192 valence electrons. The van der Waals surface area contributed by atoms with E-state index in [1.165, 1.54) is 18.1 Å². The smallest absolute Gasteiger partial charge is 0.255 e. The van der Waals surface area contributed by atoms with Gasteiger partial charge in [-0.3, -0.25) is 14.4 Å². The highest BCUT2D eigenvalue weighted by atomic mass is 19.1. The first-order chi connectivity index (χ1) is 17.7. The molecule has 10 heteroatoms. The minimum Gasteiger partial charge on any atom is -0.497 e. The summed E-state index contributed by atoms with van der Waals surface area (Å²) < 4.78 is 61.3. The molecular formula is C27H22F4N2O4. The molecule has 0 fully saturated rings. The molecule has 0 heterocycles. The van der Waals surface area contributed by atoms with Crippen LogP contribution in [0, 0.1) is 23.3 Å². The van der Waals surface area contributed by atoms with Gasteiger partial charge in [0, 0.05) is 24.7 Å². The van der Waals surface area contributed by atoms with Crippen LogP contribution in [-0.4, -0.2) is 37.8 Å². The largest absolute Gasteiger partial charge is 0.497 e. The molecule has 1 N–H and O–H groups in total. The standard InChI is InChI=1S/C27H22F4N2O4/c1-3-10-33(19-4-6-20(37-2)7-5-19)27(36)24(13-16-11-17(28)14-18(29)12-16)32-26(35)25-21(15-34)22(30)8-9-23(25)31/h3-9,11-12,14-15,24H,1,10,13H2,2H3,(H,32,35). The zero-order valence-corrected chi connectivity index (χ0v) is 19.6. The van der Waals surface area contributed by atoms with Gasteiger partial charge in [-0.15, -0.1) is 6.58 Å². The predicted octanol–water partition coefficient (Wildman–Crippen LogP) is 4.62. The van der Waals surface area contributed by atoms with Gasteiger partial charge in [-0.05, 0) is 54.1 Å². The number of anilines is 1. The van der Waals surface area contributed by atoms with E-state index < -0.39 is 58.7 Å². The summed E-state index contributed by atoms with van der Waals surface area (Å²) in [5.41, 5.74) is -1.35. The zero-order valence-electron chi connectivity index (χ0n) is 19.6. The fourth-order valence-electron chi connectivity index (χ4n) is 3.71. The summed E-state index contributed by atoms with van der Waals surface area (Å²) in [6.45, 7) is 3.60. The topological polar surface area (TPSA) is 75.7 Å². The summed E-state index contributed by atoms with van der Waals surface area (Å²) in [4.78, 5) is 39.2. The first-order valence-corrected chi connectivity index (χ1v) is 10.9.